The zero-order valence-corrected chi connectivity index (χ0v) is 9.54. The molecule has 94 valence electrons. The molecule has 0 saturated carbocycles. The Kier molecular flexibility index (Phi) is 3.42. The second kappa shape index (κ2) is 4.83. The van der Waals surface area contributed by atoms with Crippen LogP contribution >= 0.6 is 0 Å². The number of halogens is 2. The Bertz CT molecular complexity index is 408. The highest BCUT2D eigenvalue weighted by Crippen LogP contribution is 2.22. The van der Waals surface area contributed by atoms with Crippen LogP contribution < -0.4 is 11.1 Å². The van der Waals surface area contributed by atoms with Gasteiger partial charge in [-0.1, -0.05) is 0 Å². The Morgan fingerprint density at radius 1 is 1.53 bits per heavy atom. The molecular weight excluding hydrogens is 228 g/mol. The summed E-state index contributed by atoms with van der Waals surface area (Å²) in [5, 5.41) is 2.91. The van der Waals surface area contributed by atoms with E-state index in [0.29, 0.717) is 12.5 Å². The van der Waals surface area contributed by atoms with Crippen molar-refractivity contribution in [3.05, 3.63) is 17.7 Å². The molecule has 1 aromatic heterocycles. The van der Waals surface area contributed by atoms with E-state index >= 15 is 0 Å². The molecule has 0 radical (unpaired) electrons. The van der Waals surface area contributed by atoms with Gasteiger partial charge in [-0.2, -0.15) is 0 Å². The number of aromatic nitrogens is 1. The lowest BCUT2D eigenvalue weighted by atomic mass is 10.0. The molecule has 3 N–H and O–H groups in total. The molecule has 2 heterocycles. The normalized spacial score (nSPS) is 21.5. The first-order valence-electron chi connectivity index (χ1n) is 5.53. The van der Waals surface area contributed by atoms with Crippen LogP contribution in [0, 0.1) is 17.6 Å². The number of anilines is 2. The number of nitrogens with one attached hydrogen (secondary N) is 1. The monoisotopic (exact) mass is 243 g/mol. The average molecular weight is 243 g/mol. The van der Waals surface area contributed by atoms with Crippen molar-refractivity contribution in [2.45, 2.75) is 19.4 Å². The maximum atomic E-state index is 13.4. The van der Waals surface area contributed by atoms with E-state index in [1.54, 1.807) is 0 Å². The first kappa shape index (κ1) is 12.0. The van der Waals surface area contributed by atoms with E-state index in [-0.39, 0.29) is 17.7 Å². The van der Waals surface area contributed by atoms with E-state index in [9.17, 15) is 8.78 Å². The fourth-order valence-corrected chi connectivity index (χ4v) is 1.86. The van der Waals surface area contributed by atoms with Crippen LogP contribution in [-0.4, -0.2) is 24.2 Å². The number of hydrogen-bond acceptors (Lipinski definition) is 4. The smallest absolute Gasteiger partial charge is 0.168 e. The van der Waals surface area contributed by atoms with Gasteiger partial charge in [0.1, 0.15) is 0 Å². The van der Waals surface area contributed by atoms with Crippen molar-refractivity contribution in [2.24, 2.45) is 5.92 Å². The van der Waals surface area contributed by atoms with E-state index in [1.807, 2.05) is 6.92 Å². The maximum absolute atomic E-state index is 13.4. The molecule has 0 bridgehead atoms. The minimum Gasteiger partial charge on any atom is -0.381 e. The predicted octanol–water partition coefficient (Wildman–Crippen LogP) is 1.78. The molecule has 0 aliphatic carbocycles. The zero-order valence-electron chi connectivity index (χ0n) is 9.54. The first-order chi connectivity index (χ1) is 8.08. The average Bonchev–Trinajstić information content (AvgIpc) is 2.79. The second-order valence-electron chi connectivity index (χ2n) is 4.24. The van der Waals surface area contributed by atoms with Gasteiger partial charge in [-0.05, 0) is 13.3 Å². The van der Waals surface area contributed by atoms with Gasteiger partial charge in [0.2, 0.25) is 0 Å². The molecule has 0 aromatic carbocycles. The predicted molar refractivity (Wildman–Crippen MR) is 60.6 cm³/mol. The zero-order chi connectivity index (χ0) is 12.4. The van der Waals surface area contributed by atoms with Gasteiger partial charge in [0.05, 0.1) is 6.61 Å². The lowest BCUT2D eigenvalue weighted by Crippen LogP contribution is -2.27. The highest BCUT2D eigenvalue weighted by Gasteiger charge is 2.23. The van der Waals surface area contributed by atoms with Crippen LogP contribution in [0.15, 0.2) is 6.07 Å². The molecule has 2 atom stereocenters. The van der Waals surface area contributed by atoms with Crippen molar-refractivity contribution in [3.8, 4) is 0 Å². The Balaban J connectivity index is 2.09. The van der Waals surface area contributed by atoms with Crippen molar-refractivity contribution in [3.63, 3.8) is 0 Å². The molecule has 0 spiro atoms. The molecule has 4 nitrogen and oxygen atoms in total. The molecule has 6 heteroatoms. The van der Waals surface area contributed by atoms with E-state index in [2.05, 4.69) is 10.3 Å². The van der Waals surface area contributed by atoms with Crippen LogP contribution in [0.4, 0.5) is 20.4 Å². The van der Waals surface area contributed by atoms with Gasteiger partial charge < -0.3 is 15.8 Å². The minimum atomic E-state index is -0.843. The summed E-state index contributed by atoms with van der Waals surface area (Å²) in [7, 11) is 0. The summed E-state index contributed by atoms with van der Waals surface area (Å²) < 4.78 is 31.6. The molecule has 17 heavy (non-hydrogen) atoms. The molecule has 2 rings (SSSR count). The summed E-state index contributed by atoms with van der Waals surface area (Å²) in [5.74, 6) is -1.58. The van der Waals surface area contributed by atoms with E-state index in [0.717, 1.165) is 19.1 Å². The van der Waals surface area contributed by atoms with Crippen LogP contribution in [0.5, 0.6) is 0 Å². The molecular formula is C11H15F2N3O. The van der Waals surface area contributed by atoms with Gasteiger partial charge >= 0.3 is 0 Å². The van der Waals surface area contributed by atoms with Gasteiger partial charge in [-0.3, -0.25) is 0 Å². The van der Waals surface area contributed by atoms with Gasteiger partial charge in [0.25, 0.3) is 0 Å². The quantitative estimate of drug-likeness (QED) is 0.849. The summed E-state index contributed by atoms with van der Waals surface area (Å²) in [5.41, 5.74) is 5.30. The van der Waals surface area contributed by atoms with Crippen LogP contribution in [-0.2, 0) is 4.74 Å². The van der Waals surface area contributed by atoms with Crippen LogP contribution in [0.1, 0.15) is 13.3 Å². The molecule has 1 aliphatic rings. The van der Waals surface area contributed by atoms with Gasteiger partial charge in [0, 0.05) is 24.6 Å². The highest BCUT2D eigenvalue weighted by atomic mass is 19.1. The maximum Gasteiger partial charge on any atom is 0.168 e. The van der Waals surface area contributed by atoms with Crippen LogP contribution in [0.25, 0.3) is 0 Å². The number of nitrogen functional groups attached to an aromatic ring is 1. The first-order valence-corrected chi connectivity index (χ1v) is 5.53. The third kappa shape index (κ3) is 2.63. The standard InChI is InChI=1S/C11H15F2N3O/c1-6(7-2-3-17-5-7)15-11-9(13)4-8(12)10(14)16-11/h4,6-7H,2-3,5H2,1H3,(H3,14,15,16). The Morgan fingerprint density at radius 3 is 2.94 bits per heavy atom. The van der Waals surface area contributed by atoms with Gasteiger partial charge in [-0.25, -0.2) is 13.8 Å². The number of ether oxygens (including phenoxy) is 1. The van der Waals surface area contributed by atoms with Crippen LogP contribution in [0.2, 0.25) is 0 Å². The Labute approximate surface area is 98.2 Å². The topological polar surface area (TPSA) is 60.2 Å². The second-order valence-corrected chi connectivity index (χ2v) is 4.24. The van der Waals surface area contributed by atoms with E-state index in [4.69, 9.17) is 10.5 Å². The molecule has 1 aromatic rings. The fraction of sp³-hybridized carbons (Fsp3) is 0.545. The molecule has 1 saturated heterocycles. The van der Waals surface area contributed by atoms with Crippen molar-refractivity contribution < 1.29 is 13.5 Å². The summed E-state index contributed by atoms with van der Waals surface area (Å²) in [4.78, 5) is 3.66. The third-order valence-electron chi connectivity index (χ3n) is 2.99. The molecule has 1 fully saturated rings. The van der Waals surface area contributed by atoms with E-state index < -0.39 is 11.6 Å². The fourth-order valence-electron chi connectivity index (χ4n) is 1.86. The van der Waals surface area contributed by atoms with Gasteiger partial charge in [0.15, 0.2) is 23.3 Å². The van der Waals surface area contributed by atoms with Crippen molar-refractivity contribution >= 4 is 11.6 Å². The van der Waals surface area contributed by atoms with Crippen molar-refractivity contribution in [2.75, 3.05) is 24.3 Å². The Hall–Kier alpha value is -1.43. The SMILES string of the molecule is CC(Nc1nc(N)c(F)cc1F)C1CCOC1. The molecule has 2 unspecified atom stereocenters. The van der Waals surface area contributed by atoms with Crippen LogP contribution in [0.3, 0.4) is 0 Å². The van der Waals surface area contributed by atoms with E-state index in [1.165, 1.54) is 0 Å². The Morgan fingerprint density at radius 2 is 2.29 bits per heavy atom. The minimum absolute atomic E-state index is 0.00404. The largest absolute Gasteiger partial charge is 0.381 e. The van der Waals surface area contributed by atoms with Crippen molar-refractivity contribution in [1.29, 1.82) is 0 Å². The number of nitrogens with two attached hydrogens (primary N) is 1. The number of nitrogens with zero attached hydrogens (tertiary/aromatic N) is 1. The number of hydrogen-bond donors (Lipinski definition) is 2. The summed E-state index contributed by atoms with van der Waals surface area (Å²) in [6.45, 7) is 3.28. The lowest BCUT2D eigenvalue weighted by Gasteiger charge is -2.20. The summed E-state index contributed by atoms with van der Waals surface area (Å²) >= 11 is 0. The molecule has 0 amide bonds. The molecule has 1 aliphatic heterocycles. The lowest BCUT2D eigenvalue weighted by molar-refractivity contribution is 0.183. The highest BCUT2D eigenvalue weighted by molar-refractivity contribution is 5.45. The number of rotatable bonds is 3. The van der Waals surface area contributed by atoms with Gasteiger partial charge in [-0.15, -0.1) is 0 Å². The summed E-state index contributed by atoms with van der Waals surface area (Å²) in [6.07, 6.45) is 0.923. The van der Waals surface area contributed by atoms with Crippen molar-refractivity contribution in [1.82, 2.24) is 4.98 Å². The summed E-state index contributed by atoms with van der Waals surface area (Å²) in [6, 6.07) is 0.743. The third-order valence-corrected chi connectivity index (χ3v) is 2.99. The number of pyridine rings is 1.